The van der Waals surface area contributed by atoms with Crippen molar-refractivity contribution in [2.75, 3.05) is 6.54 Å². The van der Waals surface area contributed by atoms with Gasteiger partial charge in [0, 0.05) is 24.2 Å². The normalized spacial score (nSPS) is 17.3. The number of piperidine rings is 1. The number of rotatable bonds is 10. The molecule has 0 radical (unpaired) electrons. The molecule has 1 saturated heterocycles. The number of hydrogen-bond acceptors (Lipinski definition) is 5. The minimum atomic E-state index is -3.99. The van der Waals surface area contributed by atoms with Crippen molar-refractivity contribution in [3.63, 3.8) is 0 Å². The van der Waals surface area contributed by atoms with E-state index in [1.165, 1.54) is 12.3 Å². The summed E-state index contributed by atoms with van der Waals surface area (Å²) in [4.78, 5) is 35.3. The fraction of sp³-hybridized carbons (Fsp3) is 0.393. The van der Waals surface area contributed by atoms with Crippen molar-refractivity contribution < 1.29 is 26.8 Å². The third-order valence-electron chi connectivity index (χ3n) is 6.93. The molecule has 1 aliphatic rings. The molecule has 40 heavy (non-hydrogen) atoms. The highest BCUT2D eigenvalue weighted by molar-refractivity contribution is 7.88. The molecule has 2 aromatic carbocycles. The number of carbonyl (C=O) groups excluding carboxylic acids is 2. The molecular formula is C28H33F2N5O4S. The van der Waals surface area contributed by atoms with Crippen LogP contribution in [0.1, 0.15) is 57.0 Å². The maximum atomic E-state index is 14.2. The second-order valence-corrected chi connectivity index (χ2v) is 11.8. The molecule has 3 N–H and O–H groups in total. The number of amides is 2. The zero-order valence-electron chi connectivity index (χ0n) is 22.4. The Bertz CT molecular complexity index is 1450. The van der Waals surface area contributed by atoms with E-state index in [1.54, 1.807) is 42.2 Å². The van der Waals surface area contributed by atoms with Crippen LogP contribution < -0.4 is 10.0 Å². The van der Waals surface area contributed by atoms with Gasteiger partial charge in [-0.3, -0.25) is 9.59 Å². The standard InChI is InChI=1S/C28H33F2N5O4S/c1-18-8-6-7-13-35(18)26(36)15-24(34-40(38,39)17-20-9-4-3-5-10-20)28(37)32-19(2)27-31-16-25(33-27)22-12-11-21(29)14-23(22)30/h3-5,9-12,14,16,18-19,24,34H,6-8,13,15,17H2,1-2H3,(H,31,33)(H,32,37)/t18-,19-,24-/m0/s1. The van der Waals surface area contributed by atoms with Gasteiger partial charge < -0.3 is 15.2 Å². The van der Waals surface area contributed by atoms with Crippen molar-refractivity contribution in [2.45, 2.75) is 63.4 Å². The summed E-state index contributed by atoms with van der Waals surface area (Å²) in [6, 6.07) is 9.57. The van der Waals surface area contributed by atoms with Crippen molar-refractivity contribution in [1.29, 1.82) is 0 Å². The maximum absolute atomic E-state index is 14.2. The highest BCUT2D eigenvalue weighted by atomic mass is 32.2. The Morgan fingerprint density at radius 1 is 1.15 bits per heavy atom. The van der Waals surface area contributed by atoms with E-state index in [0.717, 1.165) is 31.4 Å². The Morgan fingerprint density at radius 3 is 2.60 bits per heavy atom. The van der Waals surface area contributed by atoms with Crippen LogP contribution >= 0.6 is 0 Å². The van der Waals surface area contributed by atoms with Crippen LogP contribution in [0.4, 0.5) is 8.78 Å². The van der Waals surface area contributed by atoms with E-state index >= 15 is 0 Å². The lowest BCUT2D eigenvalue weighted by Gasteiger charge is -2.34. The van der Waals surface area contributed by atoms with Gasteiger partial charge in [-0.1, -0.05) is 30.3 Å². The Hall–Kier alpha value is -3.64. The zero-order valence-corrected chi connectivity index (χ0v) is 23.2. The van der Waals surface area contributed by atoms with Crippen LogP contribution in [0.5, 0.6) is 0 Å². The van der Waals surface area contributed by atoms with E-state index < -0.39 is 39.6 Å². The third-order valence-corrected chi connectivity index (χ3v) is 8.28. The number of aromatic amines is 1. The molecule has 0 aliphatic carbocycles. The summed E-state index contributed by atoms with van der Waals surface area (Å²) in [6.45, 7) is 4.11. The number of aromatic nitrogens is 2. The summed E-state index contributed by atoms with van der Waals surface area (Å²) in [5, 5.41) is 2.71. The molecule has 0 bridgehead atoms. The van der Waals surface area contributed by atoms with E-state index in [1.807, 2.05) is 6.92 Å². The molecule has 214 valence electrons. The lowest BCUT2D eigenvalue weighted by Crippen LogP contribution is -2.51. The monoisotopic (exact) mass is 573 g/mol. The smallest absolute Gasteiger partial charge is 0.239 e. The third kappa shape index (κ3) is 7.51. The maximum Gasteiger partial charge on any atom is 0.239 e. The molecule has 2 amide bonds. The molecule has 1 aliphatic heterocycles. The van der Waals surface area contributed by atoms with Crippen LogP contribution in [-0.4, -0.2) is 53.7 Å². The second kappa shape index (κ2) is 12.7. The molecule has 1 aromatic heterocycles. The average molecular weight is 574 g/mol. The van der Waals surface area contributed by atoms with Crippen LogP contribution in [0.2, 0.25) is 0 Å². The van der Waals surface area contributed by atoms with Crippen LogP contribution in [0.15, 0.2) is 54.7 Å². The molecule has 9 nitrogen and oxygen atoms in total. The molecule has 4 rings (SSSR count). The fourth-order valence-corrected chi connectivity index (χ4v) is 6.12. The average Bonchev–Trinajstić information content (AvgIpc) is 3.39. The number of sulfonamides is 1. The summed E-state index contributed by atoms with van der Waals surface area (Å²) in [5.41, 5.74) is 0.920. The molecule has 3 atom stereocenters. The second-order valence-electron chi connectivity index (χ2n) is 10.1. The predicted octanol–water partition coefficient (Wildman–Crippen LogP) is 3.81. The zero-order chi connectivity index (χ0) is 28.9. The van der Waals surface area contributed by atoms with Crippen molar-refractivity contribution in [3.8, 4) is 11.3 Å². The van der Waals surface area contributed by atoms with Crippen LogP contribution in [-0.2, 0) is 25.4 Å². The number of nitrogens with one attached hydrogen (secondary N) is 3. The minimum absolute atomic E-state index is 0.00166. The predicted molar refractivity (Wildman–Crippen MR) is 146 cm³/mol. The summed E-state index contributed by atoms with van der Waals surface area (Å²) < 4.78 is 56.0. The molecule has 2 heterocycles. The number of hydrogen-bond donors (Lipinski definition) is 3. The van der Waals surface area contributed by atoms with Crippen molar-refractivity contribution in [1.82, 2.24) is 24.9 Å². The van der Waals surface area contributed by atoms with Gasteiger partial charge >= 0.3 is 0 Å². The van der Waals surface area contributed by atoms with E-state index in [-0.39, 0.29) is 41.2 Å². The minimum Gasteiger partial charge on any atom is -0.345 e. The van der Waals surface area contributed by atoms with E-state index in [9.17, 15) is 26.8 Å². The van der Waals surface area contributed by atoms with Crippen molar-refractivity contribution in [3.05, 3.63) is 77.8 Å². The quantitative estimate of drug-likeness (QED) is 0.340. The van der Waals surface area contributed by atoms with Gasteiger partial charge in [-0.05, 0) is 50.8 Å². The molecule has 3 aromatic rings. The first-order chi connectivity index (χ1) is 19.0. The summed E-state index contributed by atoms with van der Waals surface area (Å²) in [5.74, 6) is -2.58. The van der Waals surface area contributed by atoms with Crippen LogP contribution in [0.3, 0.4) is 0 Å². The van der Waals surface area contributed by atoms with Gasteiger partial charge in [-0.25, -0.2) is 26.9 Å². The first-order valence-electron chi connectivity index (χ1n) is 13.2. The molecule has 0 unspecified atom stereocenters. The van der Waals surface area contributed by atoms with Gasteiger partial charge in [0.15, 0.2) is 0 Å². The Kier molecular flexibility index (Phi) is 9.31. The number of likely N-dealkylation sites (tertiary alicyclic amines) is 1. The number of carbonyl (C=O) groups is 2. The first kappa shape index (κ1) is 29.3. The fourth-order valence-electron chi connectivity index (χ4n) is 4.78. The van der Waals surface area contributed by atoms with Gasteiger partial charge in [0.2, 0.25) is 21.8 Å². The van der Waals surface area contributed by atoms with Crippen LogP contribution in [0.25, 0.3) is 11.3 Å². The topological polar surface area (TPSA) is 124 Å². The lowest BCUT2D eigenvalue weighted by atomic mass is 10.0. The number of H-pyrrole nitrogens is 1. The molecule has 0 spiro atoms. The molecule has 0 saturated carbocycles. The van der Waals surface area contributed by atoms with Crippen LogP contribution in [0, 0.1) is 11.6 Å². The van der Waals surface area contributed by atoms with Gasteiger partial charge in [0.25, 0.3) is 0 Å². The van der Waals surface area contributed by atoms with Crippen molar-refractivity contribution >= 4 is 21.8 Å². The van der Waals surface area contributed by atoms with E-state index in [0.29, 0.717) is 12.1 Å². The summed E-state index contributed by atoms with van der Waals surface area (Å²) in [6.07, 6.45) is 3.70. The summed E-state index contributed by atoms with van der Waals surface area (Å²) in [7, 11) is -3.99. The highest BCUT2D eigenvalue weighted by Gasteiger charge is 2.32. The molecule has 1 fully saturated rings. The highest BCUT2D eigenvalue weighted by Crippen LogP contribution is 2.23. The Balaban J connectivity index is 1.50. The number of halogens is 2. The number of imidazole rings is 1. The Labute approximate surface area is 232 Å². The molecular weight excluding hydrogens is 540 g/mol. The Morgan fingerprint density at radius 2 is 1.90 bits per heavy atom. The molecule has 12 heteroatoms. The van der Waals surface area contributed by atoms with Gasteiger partial charge in [-0.2, -0.15) is 0 Å². The van der Waals surface area contributed by atoms with Gasteiger partial charge in [0.1, 0.15) is 23.5 Å². The SMILES string of the molecule is C[C@H](NC(=O)[C@H](CC(=O)N1CCCC[C@@H]1C)NS(=O)(=O)Cc1ccccc1)c1ncc(-c2ccc(F)cc2F)[nH]1. The van der Waals surface area contributed by atoms with E-state index in [4.69, 9.17) is 0 Å². The van der Waals surface area contributed by atoms with E-state index in [2.05, 4.69) is 20.0 Å². The lowest BCUT2D eigenvalue weighted by molar-refractivity contribution is -0.137. The first-order valence-corrected chi connectivity index (χ1v) is 14.8. The number of nitrogens with zero attached hydrogens (tertiary/aromatic N) is 2. The number of benzene rings is 2. The van der Waals surface area contributed by atoms with Gasteiger partial charge in [0.05, 0.1) is 30.1 Å². The summed E-state index contributed by atoms with van der Waals surface area (Å²) >= 11 is 0. The van der Waals surface area contributed by atoms with Gasteiger partial charge in [-0.15, -0.1) is 0 Å². The van der Waals surface area contributed by atoms with Crippen molar-refractivity contribution in [2.24, 2.45) is 0 Å². The largest absolute Gasteiger partial charge is 0.345 e.